The van der Waals surface area contributed by atoms with E-state index in [0.717, 1.165) is 16.3 Å². The molecular formula is C14H8ClNO3. The maximum Gasteiger partial charge on any atom is 0.377 e. The van der Waals surface area contributed by atoms with E-state index in [4.69, 9.17) is 16.7 Å². The Kier molecular flexibility index (Phi) is 2.54. The number of hydrogen-bond donors (Lipinski definition) is 2. The molecule has 4 nitrogen and oxygen atoms in total. The number of carboxylic acids is 1. The van der Waals surface area contributed by atoms with Crippen LogP contribution in [0.5, 0.6) is 0 Å². The van der Waals surface area contributed by atoms with Gasteiger partial charge in [0.1, 0.15) is 0 Å². The van der Waals surface area contributed by atoms with Gasteiger partial charge in [-0.15, -0.1) is 0 Å². The number of aromatic amines is 1. The summed E-state index contributed by atoms with van der Waals surface area (Å²) in [5.74, 6) is -2.38. The van der Waals surface area contributed by atoms with E-state index in [0.29, 0.717) is 10.5 Å². The van der Waals surface area contributed by atoms with Crippen LogP contribution in [-0.2, 0) is 4.79 Å². The number of benzene rings is 2. The molecule has 5 heteroatoms. The summed E-state index contributed by atoms with van der Waals surface area (Å²) in [5, 5.41) is 11.2. The summed E-state index contributed by atoms with van der Waals surface area (Å²) in [6.45, 7) is 0. The zero-order chi connectivity index (χ0) is 13.6. The summed E-state index contributed by atoms with van der Waals surface area (Å²) >= 11 is 5.95. The van der Waals surface area contributed by atoms with Crippen LogP contribution in [0.2, 0.25) is 5.02 Å². The smallest absolute Gasteiger partial charge is 0.377 e. The lowest BCUT2D eigenvalue weighted by molar-refractivity contribution is -0.131. The van der Waals surface area contributed by atoms with Crippen molar-refractivity contribution in [2.75, 3.05) is 0 Å². The molecule has 19 heavy (non-hydrogen) atoms. The summed E-state index contributed by atoms with van der Waals surface area (Å²) in [4.78, 5) is 25.2. The van der Waals surface area contributed by atoms with Gasteiger partial charge >= 0.3 is 5.97 Å². The van der Waals surface area contributed by atoms with E-state index in [1.165, 1.54) is 6.07 Å². The third kappa shape index (κ3) is 1.86. The van der Waals surface area contributed by atoms with Gasteiger partial charge in [0.2, 0.25) is 0 Å². The van der Waals surface area contributed by atoms with Crippen LogP contribution in [-0.4, -0.2) is 21.8 Å². The highest BCUT2D eigenvalue weighted by Crippen LogP contribution is 2.28. The van der Waals surface area contributed by atoms with Crippen LogP contribution in [0.4, 0.5) is 0 Å². The maximum atomic E-state index is 11.4. The van der Waals surface area contributed by atoms with Crippen molar-refractivity contribution in [2.45, 2.75) is 0 Å². The minimum atomic E-state index is -1.46. The molecule has 2 aromatic carbocycles. The van der Waals surface area contributed by atoms with Crippen molar-refractivity contribution in [1.82, 2.24) is 4.98 Å². The third-order valence-electron chi connectivity index (χ3n) is 3.02. The van der Waals surface area contributed by atoms with Crippen molar-refractivity contribution in [3.8, 4) is 0 Å². The fourth-order valence-corrected chi connectivity index (χ4v) is 2.31. The molecule has 0 aliphatic heterocycles. The van der Waals surface area contributed by atoms with E-state index >= 15 is 0 Å². The van der Waals surface area contributed by atoms with Crippen LogP contribution >= 0.6 is 11.6 Å². The molecule has 3 aromatic rings. The molecule has 2 N–H and O–H groups in total. The van der Waals surface area contributed by atoms with Crippen molar-refractivity contribution in [3.63, 3.8) is 0 Å². The number of halogens is 1. The Hall–Kier alpha value is -2.33. The number of ketones is 1. The Labute approximate surface area is 112 Å². The molecule has 0 aliphatic carbocycles. The molecule has 0 amide bonds. The highest BCUT2D eigenvalue weighted by molar-refractivity contribution is 6.40. The van der Waals surface area contributed by atoms with Gasteiger partial charge in [-0.2, -0.15) is 0 Å². The van der Waals surface area contributed by atoms with Crippen molar-refractivity contribution in [1.29, 1.82) is 0 Å². The molecule has 94 valence electrons. The van der Waals surface area contributed by atoms with Crippen LogP contribution < -0.4 is 0 Å². The number of hydrogen-bond acceptors (Lipinski definition) is 2. The molecule has 0 atom stereocenters. The van der Waals surface area contributed by atoms with Gasteiger partial charge in [-0.25, -0.2) is 4.79 Å². The number of nitrogens with one attached hydrogen (secondary N) is 1. The van der Waals surface area contributed by atoms with E-state index in [-0.39, 0.29) is 5.56 Å². The minimum absolute atomic E-state index is 0.151. The minimum Gasteiger partial charge on any atom is -0.475 e. The fraction of sp³-hybridized carbons (Fsp3) is 0. The molecule has 0 unspecified atom stereocenters. The Morgan fingerprint density at radius 1 is 1.00 bits per heavy atom. The highest BCUT2D eigenvalue weighted by atomic mass is 35.5. The van der Waals surface area contributed by atoms with Crippen LogP contribution in [0, 0.1) is 0 Å². The quantitative estimate of drug-likeness (QED) is 0.556. The van der Waals surface area contributed by atoms with Crippen molar-refractivity contribution in [2.24, 2.45) is 0 Å². The number of carbonyl (C=O) groups is 2. The monoisotopic (exact) mass is 273 g/mol. The lowest BCUT2D eigenvalue weighted by atomic mass is 10.1. The summed E-state index contributed by atoms with van der Waals surface area (Å²) in [6.07, 6.45) is 0. The van der Waals surface area contributed by atoms with E-state index in [1.807, 2.05) is 12.1 Å². The van der Waals surface area contributed by atoms with Crippen molar-refractivity contribution >= 4 is 45.2 Å². The first kappa shape index (κ1) is 11.7. The number of Topliss-reactive ketones (excluding diaryl/α,β-unsaturated/α-hetero) is 1. The summed E-state index contributed by atoms with van der Waals surface area (Å²) in [7, 11) is 0. The molecular weight excluding hydrogens is 266 g/mol. The number of carbonyl (C=O) groups excluding carboxylic acids is 1. The Balaban J connectivity index is 2.27. The van der Waals surface area contributed by atoms with Crippen molar-refractivity contribution in [3.05, 3.63) is 47.0 Å². The predicted molar refractivity (Wildman–Crippen MR) is 72.8 cm³/mol. The lowest BCUT2D eigenvalue weighted by Crippen LogP contribution is -2.12. The number of fused-ring (bicyclic) bond motifs is 3. The lowest BCUT2D eigenvalue weighted by Gasteiger charge is -1.96. The second kappa shape index (κ2) is 4.10. The number of rotatable bonds is 2. The molecule has 0 spiro atoms. The van der Waals surface area contributed by atoms with Crippen LogP contribution in [0.25, 0.3) is 21.8 Å². The molecule has 0 bridgehead atoms. The van der Waals surface area contributed by atoms with E-state index in [2.05, 4.69) is 4.98 Å². The van der Waals surface area contributed by atoms with Gasteiger partial charge < -0.3 is 10.1 Å². The Morgan fingerprint density at radius 3 is 2.53 bits per heavy atom. The molecule has 0 radical (unpaired) electrons. The number of H-pyrrole nitrogens is 1. The number of aliphatic carboxylic acids is 1. The molecule has 0 fully saturated rings. The molecule has 0 saturated carbocycles. The highest BCUT2D eigenvalue weighted by Gasteiger charge is 2.15. The molecule has 1 aromatic heterocycles. The summed E-state index contributed by atoms with van der Waals surface area (Å²) < 4.78 is 0. The van der Waals surface area contributed by atoms with E-state index < -0.39 is 11.8 Å². The molecule has 0 aliphatic rings. The topological polar surface area (TPSA) is 70.2 Å². The molecule has 1 heterocycles. The van der Waals surface area contributed by atoms with Gasteiger partial charge in [0.15, 0.2) is 0 Å². The van der Waals surface area contributed by atoms with Gasteiger partial charge in [0.05, 0.1) is 0 Å². The van der Waals surface area contributed by atoms with Gasteiger partial charge in [-0.3, -0.25) is 4.79 Å². The predicted octanol–water partition coefficient (Wildman–Crippen LogP) is 3.24. The van der Waals surface area contributed by atoms with Crippen LogP contribution in [0.3, 0.4) is 0 Å². The Morgan fingerprint density at radius 2 is 1.79 bits per heavy atom. The van der Waals surface area contributed by atoms with Crippen molar-refractivity contribution < 1.29 is 14.7 Å². The van der Waals surface area contributed by atoms with Gasteiger partial charge in [-0.05, 0) is 24.3 Å². The number of carboxylic acid groups (broad SMARTS) is 1. The molecule has 3 rings (SSSR count). The zero-order valence-electron chi connectivity index (χ0n) is 9.61. The normalized spacial score (nSPS) is 11.0. The first-order valence-corrected chi connectivity index (χ1v) is 5.92. The first-order chi connectivity index (χ1) is 9.06. The van der Waals surface area contributed by atoms with Gasteiger partial charge in [0.25, 0.3) is 5.78 Å². The maximum absolute atomic E-state index is 11.4. The fourth-order valence-electron chi connectivity index (χ4n) is 2.14. The molecule has 0 saturated heterocycles. The summed E-state index contributed by atoms with van der Waals surface area (Å²) in [5.41, 5.74) is 1.75. The largest absolute Gasteiger partial charge is 0.475 e. The third-order valence-corrected chi connectivity index (χ3v) is 3.25. The number of aromatic nitrogens is 1. The average Bonchev–Trinajstić information content (AvgIpc) is 2.74. The SMILES string of the molecule is O=C(O)C(=O)c1ccc2c(c1)[nH]c1ccc(Cl)cc12. The van der Waals surface area contributed by atoms with E-state index in [1.54, 1.807) is 18.2 Å². The second-order valence-corrected chi connectivity index (χ2v) is 4.65. The van der Waals surface area contributed by atoms with Crippen LogP contribution in [0.1, 0.15) is 10.4 Å². The van der Waals surface area contributed by atoms with Gasteiger partial charge in [-0.1, -0.05) is 23.7 Å². The zero-order valence-corrected chi connectivity index (χ0v) is 10.4. The summed E-state index contributed by atoms with van der Waals surface area (Å²) in [6, 6.07) is 10.2. The van der Waals surface area contributed by atoms with E-state index in [9.17, 15) is 9.59 Å². The standard InChI is InChI=1S/C14H8ClNO3/c15-8-2-4-11-10(6-8)9-3-1-7(5-12(9)16-11)13(17)14(18)19/h1-6,16H,(H,18,19). The van der Waals surface area contributed by atoms with Crippen LogP contribution in [0.15, 0.2) is 36.4 Å². The Bertz CT molecular complexity index is 835. The average molecular weight is 274 g/mol. The second-order valence-electron chi connectivity index (χ2n) is 4.21. The first-order valence-electron chi connectivity index (χ1n) is 5.55. The van der Waals surface area contributed by atoms with Gasteiger partial charge in [0, 0.05) is 32.4 Å².